The molecule has 0 N–H and O–H groups in total. The Bertz CT molecular complexity index is 910. The monoisotopic (exact) mass is 391 g/mol. The molecular formula is C24H29N3O2. The summed E-state index contributed by atoms with van der Waals surface area (Å²) in [5, 5.41) is 2.51. The van der Waals surface area contributed by atoms with Gasteiger partial charge in [0.25, 0.3) is 0 Å². The van der Waals surface area contributed by atoms with Crippen LogP contribution in [0, 0.1) is 0 Å². The van der Waals surface area contributed by atoms with E-state index in [0.717, 1.165) is 58.2 Å². The molecule has 0 unspecified atom stereocenters. The molecule has 1 aliphatic heterocycles. The van der Waals surface area contributed by atoms with Crippen LogP contribution in [-0.2, 0) is 17.8 Å². The first-order chi connectivity index (χ1) is 14.3. The number of methoxy groups -OCH3 is 1. The molecule has 0 bridgehead atoms. The van der Waals surface area contributed by atoms with E-state index in [2.05, 4.69) is 57.2 Å². The lowest BCUT2D eigenvalue weighted by Gasteiger charge is -2.30. The van der Waals surface area contributed by atoms with Crippen LogP contribution < -0.4 is 4.74 Å². The molecule has 0 amide bonds. The highest BCUT2D eigenvalue weighted by Gasteiger charge is 2.16. The molecule has 3 aromatic rings. The highest BCUT2D eigenvalue weighted by Crippen LogP contribution is 2.29. The number of hydrogen-bond donors (Lipinski definition) is 0. The van der Waals surface area contributed by atoms with Crippen LogP contribution in [0.2, 0.25) is 0 Å². The maximum absolute atomic E-state index is 5.73. The van der Waals surface area contributed by atoms with E-state index in [9.17, 15) is 0 Å². The Morgan fingerprint density at radius 3 is 2.69 bits per heavy atom. The van der Waals surface area contributed by atoms with E-state index < -0.39 is 0 Å². The van der Waals surface area contributed by atoms with Gasteiger partial charge in [-0.2, -0.15) is 0 Å². The van der Waals surface area contributed by atoms with Crippen LogP contribution in [0.15, 0.2) is 60.9 Å². The van der Waals surface area contributed by atoms with Crippen LogP contribution in [0.4, 0.5) is 0 Å². The van der Waals surface area contributed by atoms with E-state index >= 15 is 0 Å². The molecule has 0 saturated carbocycles. The minimum atomic E-state index is 0.833. The normalized spacial score (nSPS) is 15.1. The minimum absolute atomic E-state index is 0.833. The maximum atomic E-state index is 5.73. The van der Waals surface area contributed by atoms with E-state index in [1.54, 1.807) is 7.11 Å². The summed E-state index contributed by atoms with van der Waals surface area (Å²) in [4.78, 5) is 9.28. The van der Waals surface area contributed by atoms with Gasteiger partial charge < -0.3 is 9.47 Å². The standard InChI is InChI=1S/C24H29N3O2/c1-28-24-9-8-21-6-2-3-7-22(21)23(24)19-27(18-20-5-4-10-25-17-20)12-11-26-13-15-29-16-14-26/h2-10,17H,11-16,18-19H2,1H3. The first-order valence-electron chi connectivity index (χ1n) is 10.3. The van der Waals surface area contributed by atoms with Crippen molar-refractivity contribution in [2.75, 3.05) is 46.5 Å². The zero-order valence-corrected chi connectivity index (χ0v) is 17.1. The van der Waals surface area contributed by atoms with Crippen LogP contribution in [0.25, 0.3) is 10.8 Å². The van der Waals surface area contributed by atoms with Crippen molar-refractivity contribution in [3.63, 3.8) is 0 Å². The van der Waals surface area contributed by atoms with Crippen LogP contribution in [0.1, 0.15) is 11.1 Å². The molecular weight excluding hydrogens is 362 g/mol. The second-order valence-corrected chi connectivity index (χ2v) is 7.49. The topological polar surface area (TPSA) is 37.8 Å². The molecule has 1 saturated heterocycles. The Labute approximate surface area is 172 Å². The second kappa shape index (κ2) is 9.83. The molecule has 0 aliphatic carbocycles. The predicted octanol–water partition coefficient (Wildman–Crippen LogP) is 3.58. The molecule has 5 heteroatoms. The smallest absolute Gasteiger partial charge is 0.123 e. The fourth-order valence-electron chi connectivity index (χ4n) is 3.97. The zero-order valence-electron chi connectivity index (χ0n) is 17.1. The third-order valence-corrected chi connectivity index (χ3v) is 5.56. The van der Waals surface area contributed by atoms with E-state index in [-0.39, 0.29) is 0 Å². The fraction of sp³-hybridized carbons (Fsp3) is 0.375. The molecule has 0 atom stereocenters. The molecule has 152 valence electrons. The van der Waals surface area contributed by atoms with Crippen LogP contribution in [-0.4, -0.2) is 61.3 Å². The first kappa shape index (κ1) is 19.8. The van der Waals surface area contributed by atoms with Gasteiger partial charge in [0, 0.05) is 57.2 Å². The average molecular weight is 392 g/mol. The Balaban J connectivity index is 1.58. The number of aromatic nitrogens is 1. The van der Waals surface area contributed by atoms with Crippen LogP contribution in [0.3, 0.4) is 0 Å². The van der Waals surface area contributed by atoms with Crippen LogP contribution in [0.5, 0.6) is 5.75 Å². The van der Waals surface area contributed by atoms with Crippen LogP contribution >= 0.6 is 0 Å². The summed E-state index contributed by atoms with van der Waals surface area (Å²) < 4.78 is 11.2. The average Bonchev–Trinajstić information content (AvgIpc) is 2.79. The summed E-state index contributed by atoms with van der Waals surface area (Å²) in [5.74, 6) is 0.950. The Morgan fingerprint density at radius 2 is 1.90 bits per heavy atom. The summed E-state index contributed by atoms with van der Waals surface area (Å²) >= 11 is 0. The lowest BCUT2D eigenvalue weighted by molar-refractivity contribution is 0.0325. The molecule has 2 heterocycles. The van der Waals surface area contributed by atoms with Crippen molar-refractivity contribution >= 4 is 10.8 Å². The van der Waals surface area contributed by atoms with Gasteiger partial charge in [-0.05, 0) is 28.5 Å². The van der Waals surface area contributed by atoms with Crippen molar-refractivity contribution in [1.82, 2.24) is 14.8 Å². The Morgan fingerprint density at radius 1 is 1.03 bits per heavy atom. The second-order valence-electron chi connectivity index (χ2n) is 7.49. The maximum Gasteiger partial charge on any atom is 0.123 e. The van der Waals surface area contributed by atoms with Gasteiger partial charge in [-0.25, -0.2) is 0 Å². The summed E-state index contributed by atoms with van der Waals surface area (Å²) in [6, 6.07) is 16.9. The molecule has 0 spiro atoms. The summed E-state index contributed by atoms with van der Waals surface area (Å²) in [6.45, 7) is 7.42. The number of morpholine rings is 1. The summed E-state index contributed by atoms with van der Waals surface area (Å²) in [5.41, 5.74) is 2.48. The molecule has 29 heavy (non-hydrogen) atoms. The van der Waals surface area contributed by atoms with Gasteiger partial charge in [0.15, 0.2) is 0 Å². The van der Waals surface area contributed by atoms with Crippen molar-refractivity contribution < 1.29 is 9.47 Å². The first-order valence-corrected chi connectivity index (χ1v) is 10.3. The number of benzene rings is 2. The highest BCUT2D eigenvalue weighted by molar-refractivity contribution is 5.87. The predicted molar refractivity (Wildman–Crippen MR) is 116 cm³/mol. The SMILES string of the molecule is COc1ccc2ccccc2c1CN(CCN1CCOCC1)Cc1cccnc1. The van der Waals surface area contributed by atoms with Gasteiger partial charge in [0.2, 0.25) is 0 Å². The molecule has 1 aromatic heterocycles. The summed E-state index contributed by atoms with van der Waals surface area (Å²) in [6.07, 6.45) is 3.79. The highest BCUT2D eigenvalue weighted by atomic mass is 16.5. The molecule has 2 aromatic carbocycles. The Kier molecular flexibility index (Phi) is 6.72. The Hall–Kier alpha value is -2.47. The largest absolute Gasteiger partial charge is 0.496 e. The molecule has 5 nitrogen and oxygen atoms in total. The van der Waals surface area contributed by atoms with Gasteiger partial charge >= 0.3 is 0 Å². The van der Waals surface area contributed by atoms with Crippen molar-refractivity contribution in [1.29, 1.82) is 0 Å². The number of pyridine rings is 1. The van der Waals surface area contributed by atoms with E-state index in [0.29, 0.717) is 0 Å². The van der Waals surface area contributed by atoms with Gasteiger partial charge in [-0.3, -0.25) is 14.8 Å². The number of ether oxygens (including phenoxy) is 2. The number of fused-ring (bicyclic) bond motifs is 1. The molecule has 1 aliphatic rings. The van der Waals surface area contributed by atoms with E-state index in [1.165, 1.54) is 21.9 Å². The van der Waals surface area contributed by atoms with Gasteiger partial charge in [-0.15, -0.1) is 0 Å². The lowest BCUT2D eigenvalue weighted by Crippen LogP contribution is -2.41. The lowest BCUT2D eigenvalue weighted by atomic mass is 10.0. The molecule has 1 fully saturated rings. The van der Waals surface area contributed by atoms with Gasteiger partial charge in [0.1, 0.15) is 5.75 Å². The van der Waals surface area contributed by atoms with Crippen molar-refractivity contribution in [3.05, 3.63) is 72.1 Å². The quantitative estimate of drug-likeness (QED) is 0.587. The van der Waals surface area contributed by atoms with Crippen molar-refractivity contribution in [3.8, 4) is 5.75 Å². The molecule has 0 radical (unpaired) electrons. The zero-order chi connectivity index (χ0) is 19.9. The minimum Gasteiger partial charge on any atom is -0.496 e. The third kappa shape index (κ3) is 5.12. The van der Waals surface area contributed by atoms with Crippen molar-refractivity contribution in [2.24, 2.45) is 0 Å². The van der Waals surface area contributed by atoms with E-state index in [1.807, 2.05) is 18.5 Å². The number of nitrogens with zero attached hydrogens (tertiary/aromatic N) is 3. The number of rotatable bonds is 8. The van der Waals surface area contributed by atoms with Crippen molar-refractivity contribution in [2.45, 2.75) is 13.1 Å². The summed E-state index contributed by atoms with van der Waals surface area (Å²) in [7, 11) is 1.76. The third-order valence-electron chi connectivity index (χ3n) is 5.56. The van der Waals surface area contributed by atoms with E-state index in [4.69, 9.17) is 9.47 Å². The molecule has 4 rings (SSSR count). The van der Waals surface area contributed by atoms with Gasteiger partial charge in [0.05, 0.1) is 20.3 Å². The van der Waals surface area contributed by atoms with Gasteiger partial charge in [-0.1, -0.05) is 36.4 Å². The fourth-order valence-corrected chi connectivity index (χ4v) is 3.97. The number of hydrogen-bond acceptors (Lipinski definition) is 5.